The minimum atomic E-state index is -4.62. The first-order chi connectivity index (χ1) is 30.7. The van der Waals surface area contributed by atoms with E-state index >= 15 is 0 Å². The van der Waals surface area contributed by atoms with E-state index in [4.69, 9.17) is 23.6 Å². The van der Waals surface area contributed by atoms with Gasteiger partial charge in [0.15, 0.2) is 6.10 Å². The van der Waals surface area contributed by atoms with E-state index in [1.807, 2.05) is 0 Å². The number of carbonyl (C=O) groups is 2. The summed E-state index contributed by atoms with van der Waals surface area (Å²) >= 11 is 0. The van der Waals surface area contributed by atoms with Gasteiger partial charge in [0.2, 0.25) is 0 Å². The van der Waals surface area contributed by atoms with Crippen LogP contribution in [0.4, 0.5) is 0 Å². The van der Waals surface area contributed by atoms with E-state index in [-0.39, 0.29) is 19.4 Å². The molecule has 0 aliphatic carbocycles. The summed E-state index contributed by atoms with van der Waals surface area (Å²) in [6, 6.07) is 0. The summed E-state index contributed by atoms with van der Waals surface area (Å²) in [7, 11) is -4.62. The zero-order valence-corrected chi connectivity index (χ0v) is 42.2. The van der Waals surface area contributed by atoms with Gasteiger partial charge in [0, 0.05) is 12.8 Å². The predicted molar refractivity (Wildman–Crippen MR) is 261 cm³/mol. The van der Waals surface area contributed by atoms with Crippen LogP contribution < -0.4 is 0 Å². The van der Waals surface area contributed by atoms with Crippen molar-refractivity contribution in [2.24, 2.45) is 0 Å². The molecule has 0 aromatic heterocycles. The lowest BCUT2D eigenvalue weighted by molar-refractivity contribution is -0.161. The fourth-order valence-corrected chi connectivity index (χ4v) is 8.91. The summed E-state index contributed by atoms with van der Waals surface area (Å²) in [5.41, 5.74) is 0. The first-order valence-electron chi connectivity index (χ1n) is 27.0. The Labute approximate surface area is 388 Å². The van der Waals surface area contributed by atoms with Crippen molar-refractivity contribution >= 4 is 19.8 Å². The van der Waals surface area contributed by atoms with E-state index in [0.717, 1.165) is 32.1 Å². The Bertz CT molecular complexity index is 1010. The van der Waals surface area contributed by atoms with Gasteiger partial charge in [-0.1, -0.05) is 258 Å². The summed E-state index contributed by atoms with van der Waals surface area (Å²) in [5.74, 6) is -0.901. The number of carbonyl (C=O) groups excluding carboxylic acids is 2. The van der Waals surface area contributed by atoms with Crippen LogP contribution in [-0.4, -0.2) is 65.7 Å². The van der Waals surface area contributed by atoms with Crippen LogP contribution >= 0.6 is 7.82 Å². The topological polar surface area (TPSA) is 149 Å². The fourth-order valence-electron chi connectivity index (χ4n) is 8.12. The Kier molecular flexibility index (Phi) is 48.1. The third kappa shape index (κ3) is 48.7. The normalized spacial score (nSPS) is 13.5. The lowest BCUT2D eigenvalue weighted by Gasteiger charge is -2.20. The summed E-state index contributed by atoms with van der Waals surface area (Å²) in [5, 5.41) is 18.4. The van der Waals surface area contributed by atoms with Gasteiger partial charge in [0.25, 0.3) is 0 Å². The molecule has 11 heteroatoms. The number of rotatable bonds is 52. The zero-order chi connectivity index (χ0) is 46.2. The molecule has 376 valence electrons. The molecule has 0 aliphatic rings. The van der Waals surface area contributed by atoms with Gasteiger partial charge in [-0.2, -0.15) is 0 Å². The van der Waals surface area contributed by atoms with Crippen molar-refractivity contribution in [1.82, 2.24) is 0 Å². The van der Waals surface area contributed by atoms with Crippen LogP contribution in [0.1, 0.15) is 284 Å². The minimum Gasteiger partial charge on any atom is -0.462 e. The number of esters is 2. The van der Waals surface area contributed by atoms with Crippen LogP contribution in [0.15, 0.2) is 0 Å². The molecule has 0 heterocycles. The highest BCUT2D eigenvalue weighted by Gasteiger charge is 2.27. The molecule has 0 radical (unpaired) electrons. The molecule has 10 nitrogen and oxygen atoms in total. The quantitative estimate of drug-likeness (QED) is 0.0306. The highest BCUT2D eigenvalue weighted by Crippen LogP contribution is 2.43. The summed E-state index contributed by atoms with van der Waals surface area (Å²) in [4.78, 5) is 35.2. The van der Waals surface area contributed by atoms with Crippen LogP contribution in [0.2, 0.25) is 0 Å². The molecule has 0 rings (SSSR count). The van der Waals surface area contributed by atoms with E-state index in [0.29, 0.717) is 12.8 Å². The van der Waals surface area contributed by atoms with E-state index in [9.17, 15) is 24.2 Å². The van der Waals surface area contributed by atoms with Gasteiger partial charge in [-0.25, -0.2) is 4.57 Å². The van der Waals surface area contributed by atoms with Crippen molar-refractivity contribution in [3.63, 3.8) is 0 Å². The number of hydrogen-bond acceptors (Lipinski definition) is 9. The van der Waals surface area contributed by atoms with Gasteiger partial charge < -0.3 is 24.6 Å². The molecule has 0 bridgehead atoms. The number of aliphatic hydroxyl groups excluding tert-OH is 2. The fraction of sp³-hybridized carbons (Fsp3) is 0.962. The van der Waals surface area contributed by atoms with Crippen molar-refractivity contribution in [3.8, 4) is 0 Å². The van der Waals surface area contributed by atoms with Gasteiger partial charge in [-0.05, 0) is 12.8 Å². The largest absolute Gasteiger partial charge is 0.472 e. The van der Waals surface area contributed by atoms with Crippen molar-refractivity contribution < 1.29 is 47.8 Å². The Morgan fingerprint density at radius 1 is 0.413 bits per heavy atom. The van der Waals surface area contributed by atoms with Gasteiger partial charge >= 0.3 is 19.8 Å². The summed E-state index contributed by atoms with van der Waals surface area (Å²) in [6.07, 6.45) is 49.3. The molecule has 3 unspecified atom stereocenters. The number of unbranched alkanes of at least 4 members (excludes halogenated alkanes) is 38. The zero-order valence-electron chi connectivity index (χ0n) is 41.3. The second-order valence-corrected chi connectivity index (χ2v) is 20.1. The molecule has 0 amide bonds. The van der Waals surface area contributed by atoms with Crippen LogP contribution in [0, 0.1) is 0 Å². The van der Waals surface area contributed by atoms with Crippen LogP contribution in [-0.2, 0) is 32.7 Å². The highest BCUT2D eigenvalue weighted by atomic mass is 31.2. The molecule has 0 aromatic rings. The van der Waals surface area contributed by atoms with E-state index in [1.165, 1.54) is 212 Å². The monoisotopic (exact) mass is 919 g/mol. The average molecular weight is 919 g/mol. The van der Waals surface area contributed by atoms with Crippen molar-refractivity contribution in [1.29, 1.82) is 0 Å². The second-order valence-electron chi connectivity index (χ2n) is 18.6. The number of ether oxygens (including phenoxy) is 2. The molecule has 0 aliphatic heterocycles. The average Bonchev–Trinajstić information content (AvgIpc) is 3.27. The molecule has 0 aromatic carbocycles. The Morgan fingerprint density at radius 2 is 0.683 bits per heavy atom. The first-order valence-corrected chi connectivity index (χ1v) is 28.5. The maximum absolute atomic E-state index is 12.7. The van der Waals surface area contributed by atoms with E-state index in [1.54, 1.807) is 0 Å². The number of hydrogen-bond donors (Lipinski definition) is 3. The van der Waals surface area contributed by atoms with Crippen molar-refractivity contribution in [2.45, 2.75) is 296 Å². The number of phosphoric ester groups is 1. The molecular weight excluding hydrogens is 816 g/mol. The van der Waals surface area contributed by atoms with Crippen molar-refractivity contribution in [3.05, 3.63) is 0 Å². The standard InChI is InChI=1S/C52H103O10P/c1-3-5-7-9-11-13-15-17-19-21-22-23-24-25-26-28-30-32-34-36-38-40-42-44-52(56)62-50(48-61-63(57,58)60-46-49(54)45-53)47-59-51(55)43-41-39-37-35-33-31-29-27-20-18-16-14-12-10-8-6-4-2/h49-50,53-54H,3-48H2,1-2H3,(H,57,58). The molecule has 0 saturated carbocycles. The SMILES string of the molecule is CCCCCCCCCCCCCCCCCCCCCCCCCC(=O)OC(COC(=O)CCCCCCCCCCCCCCCCCCC)COP(=O)(O)OCC(O)CO. The number of aliphatic hydroxyl groups is 2. The predicted octanol–water partition coefficient (Wildman–Crippen LogP) is 15.4. The third-order valence-corrected chi connectivity index (χ3v) is 13.2. The molecule has 0 fully saturated rings. The van der Waals surface area contributed by atoms with Gasteiger partial charge in [-0.3, -0.25) is 18.6 Å². The number of phosphoric acid groups is 1. The van der Waals surface area contributed by atoms with Crippen LogP contribution in [0.5, 0.6) is 0 Å². The maximum atomic E-state index is 12.7. The first kappa shape index (κ1) is 62.0. The molecule has 3 atom stereocenters. The van der Waals surface area contributed by atoms with Gasteiger partial charge in [-0.15, -0.1) is 0 Å². The lowest BCUT2D eigenvalue weighted by atomic mass is 10.0. The molecule has 3 N–H and O–H groups in total. The van der Waals surface area contributed by atoms with Gasteiger partial charge in [0.1, 0.15) is 12.7 Å². The Balaban J connectivity index is 4.08. The minimum absolute atomic E-state index is 0.193. The molecule has 0 saturated heterocycles. The van der Waals surface area contributed by atoms with E-state index < -0.39 is 51.8 Å². The Morgan fingerprint density at radius 3 is 0.984 bits per heavy atom. The maximum Gasteiger partial charge on any atom is 0.472 e. The van der Waals surface area contributed by atoms with E-state index in [2.05, 4.69) is 13.8 Å². The van der Waals surface area contributed by atoms with Gasteiger partial charge in [0.05, 0.1) is 19.8 Å². The lowest BCUT2D eigenvalue weighted by Crippen LogP contribution is -2.29. The Hall–Kier alpha value is -1.03. The second kappa shape index (κ2) is 48.9. The molecular formula is C52H103O10P. The molecule has 0 spiro atoms. The molecule has 63 heavy (non-hydrogen) atoms. The smallest absolute Gasteiger partial charge is 0.462 e. The van der Waals surface area contributed by atoms with Crippen LogP contribution in [0.3, 0.4) is 0 Å². The van der Waals surface area contributed by atoms with Crippen LogP contribution in [0.25, 0.3) is 0 Å². The summed E-state index contributed by atoms with van der Waals surface area (Å²) < 4.78 is 32.9. The van der Waals surface area contributed by atoms with Crippen molar-refractivity contribution in [2.75, 3.05) is 26.4 Å². The third-order valence-electron chi connectivity index (χ3n) is 12.3. The highest BCUT2D eigenvalue weighted by molar-refractivity contribution is 7.47. The summed E-state index contributed by atoms with van der Waals surface area (Å²) in [6.45, 7) is 2.46.